The number of hydrogen-bond acceptors (Lipinski definition) is 1. The topological polar surface area (TPSA) is 40.9 Å². The number of halogens is 1. The van der Waals surface area contributed by atoms with E-state index in [9.17, 15) is 4.79 Å². The van der Waals surface area contributed by atoms with Gasteiger partial charge in [0.15, 0.2) is 0 Å². The molecule has 0 saturated carbocycles. The van der Waals surface area contributed by atoms with Crippen LogP contribution in [0.4, 0.5) is 0 Å². The number of carbonyl (C=O) groups excluding carboxylic acids is 1. The number of nitrogens with one attached hydrogen (secondary N) is 1. The van der Waals surface area contributed by atoms with Gasteiger partial charge in [-0.05, 0) is 12.5 Å². The van der Waals surface area contributed by atoms with Crippen molar-refractivity contribution in [3.8, 4) is 0 Å². The van der Waals surface area contributed by atoms with E-state index in [1.165, 1.54) is 0 Å². The summed E-state index contributed by atoms with van der Waals surface area (Å²) in [5, 5.41) is -0.151. The molecule has 14 heavy (non-hydrogen) atoms. The average Bonchev–Trinajstić information content (AvgIpc) is 1.99. The Morgan fingerprint density at radius 2 is 2.00 bits per heavy atom. The van der Waals surface area contributed by atoms with Crippen LogP contribution in [0, 0.1) is 0 Å². The van der Waals surface area contributed by atoms with E-state index >= 15 is 0 Å². The highest BCUT2D eigenvalue weighted by Crippen LogP contribution is 2.10. The average molecular weight is 219 g/mol. The first-order chi connectivity index (χ1) is 6.22. The number of carbonyl (C=O) groups is 1. The van der Waals surface area contributed by atoms with Gasteiger partial charge in [0.25, 0.3) is 0 Å². The van der Waals surface area contributed by atoms with Gasteiger partial charge in [-0.3, -0.25) is 0 Å². The zero-order chi connectivity index (χ0) is 11.4. The molecule has 0 aliphatic heterocycles. The molecule has 0 aliphatic rings. The second-order valence-electron chi connectivity index (χ2n) is 4.50. The third-order valence-corrected chi connectivity index (χ3v) is 2.21. The van der Waals surface area contributed by atoms with Gasteiger partial charge >= 0.3 is 0 Å². The van der Waals surface area contributed by atoms with Gasteiger partial charge in [-0.15, -0.1) is 11.6 Å². The summed E-state index contributed by atoms with van der Waals surface area (Å²) >= 11 is 6.00. The molecule has 0 heterocycles. The maximum atomic E-state index is 10.6. The highest BCUT2D eigenvalue weighted by atomic mass is 35.5. The first kappa shape index (κ1) is 13.5. The normalized spacial score (nSPS) is 15.4. The summed E-state index contributed by atoms with van der Waals surface area (Å²) in [6.07, 6.45) is 2.47. The lowest BCUT2D eigenvalue weighted by Crippen LogP contribution is -2.36. The molecule has 1 unspecified atom stereocenters. The van der Waals surface area contributed by atoms with Gasteiger partial charge in [0, 0.05) is 6.42 Å². The van der Waals surface area contributed by atoms with Crippen molar-refractivity contribution in [1.29, 1.82) is 0 Å². The summed E-state index contributed by atoms with van der Waals surface area (Å²) < 4.78 is 0.852. The zero-order valence-corrected chi connectivity index (χ0v) is 10.1. The molecule has 0 fully saturated rings. The van der Waals surface area contributed by atoms with Crippen molar-refractivity contribution in [1.82, 2.24) is 0 Å². The largest absolute Gasteiger partial charge is 0.664 e. The molecule has 82 valence electrons. The van der Waals surface area contributed by atoms with Crippen LogP contribution in [-0.2, 0) is 4.79 Å². The Bertz CT molecular complexity index is 231. The molecule has 0 aliphatic carbocycles. The van der Waals surface area contributed by atoms with Crippen LogP contribution in [0.15, 0.2) is 11.6 Å². The molecule has 0 radical (unpaired) electrons. The Morgan fingerprint density at radius 3 is 2.36 bits per heavy atom. The van der Waals surface area contributed by atoms with Gasteiger partial charge in [-0.25, -0.2) is 0 Å². The standard InChI is InChI=1S/C10H19ClN2O/c1-8(10(12)14)7-9(11)5-6-13(2,3)4/h7,9H,5-6H2,1-4H3,(H-,12,14). The molecule has 0 spiro atoms. The Balaban J connectivity index is 4.05. The van der Waals surface area contributed by atoms with Crippen molar-refractivity contribution < 1.29 is 9.28 Å². The van der Waals surface area contributed by atoms with Crippen LogP contribution in [0.2, 0.25) is 0 Å². The highest BCUT2D eigenvalue weighted by molar-refractivity contribution is 6.22. The summed E-state index contributed by atoms with van der Waals surface area (Å²) in [4.78, 5) is 10.6. The van der Waals surface area contributed by atoms with Crippen molar-refractivity contribution in [2.75, 3.05) is 27.7 Å². The third kappa shape index (κ3) is 6.92. The van der Waals surface area contributed by atoms with Gasteiger partial charge in [0.05, 0.1) is 39.0 Å². The molecule has 0 bridgehead atoms. The maximum Gasteiger partial charge on any atom is 0.0797 e. The first-order valence-corrected chi connectivity index (χ1v) is 5.05. The predicted molar refractivity (Wildman–Crippen MR) is 60.2 cm³/mol. The van der Waals surface area contributed by atoms with Gasteiger partial charge in [0.2, 0.25) is 0 Å². The molecule has 0 rings (SSSR count). The fourth-order valence-electron chi connectivity index (χ4n) is 0.941. The zero-order valence-electron chi connectivity index (χ0n) is 9.30. The molecule has 1 N–H and O–H groups in total. The quantitative estimate of drug-likeness (QED) is 0.396. The van der Waals surface area contributed by atoms with Crippen LogP contribution in [0.3, 0.4) is 0 Å². The lowest BCUT2D eigenvalue weighted by molar-refractivity contribution is -0.870. The number of allylic oxidation sites excluding steroid dienone is 1. The summed E-state index contributed by atoms with van der Waals surface area (Å²) in [6.45, 7) is 2.57. The number of amides is 1. The van der Waals surface area contributed by atoms with Crippen molar-refractivity contribution >= 4 is 17.5 Å². The van der Waals surface area contributed by atoms with Crippen molar-refractivity contribution in [2.24, 2.45) is 0 Å². The summed E-state index contributed by atoms with van der Waals surface area (Å²) in [6, 6.07) is 0. The fourth-order valence-corrected chi connectivity index (χ4v) is 1.23. The van der Waals surface area contributed by atoms with E-state index in [1.807, 2.05) is 0 Å². The molecule has 0 aromatic heterocycles. The smallest absolute Gasteiger partial charge is 0.0797 e. The molecule has 0 saturated heterocycles. The van der Waals surface area contributed by atoms with E-state index in [0.717, 1.165) is 17.4 Å². The lowest BCUT2D eigenvalue weighted by Gasteiger charge is -2.24. The number of alkyl halides is 1. The van der Waals surface area contributed by atoms with E-state index in [1.54, 1.807) is 13.0 Å². The van der Waals surface area contributed by atoms with Crippen molar-refractivity contribution in [2.45, 2.75) is 18.7 Å². The molecular formula is C10H19ClN2O. The van der Waals surface area contributed by atoms with Gasteiger partial charge in [-0.2, -0.15) is 0 Å². The first-order valence-electron chi connectivity index (χ1n) is 4.61. The third-order valence-electron chi connectivity index (χ3n) is 1.86. The Hall–Kier alpha value is -0.540. The molecule has 3 nitrogen and oxygen atoms in total. The van der Waals surface area contributed by atoms with Gasteiger partial charge in [0.1, 0.15) is 0 Å². The minimum absolute atomic E-state index is 0.151. The van der Waals surface area contributed by atoms with E-state index in [2.05, 4.69) is 21.1 Å². The van der Waals surface area contributed by atoms with Gasteiger partial charge < -0.3 is 15.0 Å². The van der Waals surface area contributed by atoms with Crippen molar-refractivity contribution in [3.05, 3.63) is 17.4 Å². The number of quaternary nitrogens is 1. The minimum Gasteiger partial charge on any atom is -0.664 e. The number of rotatable bonds is 5. The number of nitrogens with zero attached hydrogens (tertiary/aromatic N) is 1. The van der Waals surface area contributed by atoms with E-state index in [0.29, 0.717) is 5.57 Å². The Morgan fingerprint density at radius 1 is 1.50 bits per heavy atom. The molecule has 0 aromatic carbocycles. The highest BCUT2D eigenvalue weighted by Gasteiger charge is 2.10. The Kier molecular flexibility index (Phi) is 5.16. The summed E-state index contributed by atoms with van der Waals surface area (Å²) in [7, 11) is 6.28. The van der Waals surface area contributed by atoms with Crippen LogP contribution >= 0.6 is 11.6 Å². The van der Waals surface area contributed by atoms with E-state index in [-0.39, 0.29) is 5.38 Å². The summed E-state index contributed by atoms with van der Waals surface area (Å²) in [5.74, 6) is -0.652. The Labute approximate surface area is 91.1 Å². The second-order valence-corrected chi connectivity index (χ2v) is 5.06. The predicted octanol–water partition coefficient (Wildman–Crippen LogP) is 2.22. The van der Waals surface area contributed by atoms with Crippen LogP contribution in [-0.4, -0.2) is 43.5 Å². The molecule has 1 atom stereocenters. The van der Waals surface area contributed by atoms with E-state index < -0.39 is 5.91 Å². The monoisotopic (exact) mass is 218 g/mol. The molecular weight excluding hydrogens is 200 g/mol. The molecule has 0 aromatic rings. The van der Waals surface area contributed by atoms with Crippen molar-refractivity contribution in [3.63, 3.8) is 0 Å². The second kappa shape index (κ2) is 5.37. The lowest BCUT2D eigenvalue weighted by atomic mass is 10.2. The SMILES string of the molecule is CC(=CC(Cl)CC[N+](C)(C)C)C([NH-])=O. The number of hydrogen-bond donors (Lipinski definition) is 0. The van der Waals surface area contributed by atoms with Crippen LogP contribution in [0.5, 0.6) is 0 Å². The van der Waals surface area contributed by atoms with E-state index in [4.69, 9.17) is 17.3 Å². The molecule has 4 heteroatoms. The summed E-state index contributed by atoms with van der Waals surface area (Å²) in [5.41, 5.74) is 7.28. The van der Waals surface area contributed by atoms with Gasteiger partial charge in [-0.1, -0.05) is 6.08 Å². The van der Waals surface area contributed by atoms with Crippen LogP contribution in [0.25, 0.3) is 5.73 Å². The van der Waals surface area contributed by atoms with Crippen LogP contribution in [0.1, 0.15) is 13.3 Å². The molecule has 1 amide bonds. The minimum atomic E-state index is -0.652. The fraction of sp³-hybridized carbons (Fsp3) is 0.700. The maximum absolute atomic E-state index is 10.6. The van der Waals surface area contributed by atoms with Crippen LogP contribution < -0.4 is 0 Å².